The summed E-state index contributed by atoms with van der Waals surface area (Å²) in [4.78, 5) is 24.1. The van der Waals surface area contributed by atoms with Crippen LogP contribution in [-0.2, 0) is 0 Å². The second-order valence-electron chi connectivity index (χ2n) is 5.17. The summed E-state index contributed by atoms with van der Waals surface area (Å²) >= 11 is 5.99. The molecule has 6 nitrogen and oxygen atoms in total. The van der Waals surface area contributed by atoms with Gasteiger partial charge in [0, 0.05) is 24.4 Å². The van der Waals surface area contributed by atoms with Crippen molar-refractivity contribution in [3.8, 4) is 11.3 Å². The number of hydrogen-bond donors (Lipinski definition) is 2. The number of nitrogens with zero attached hydrogens (tertiary/aromatic N) is 1. The Morgan fingerprint density at radius 3 is 2.52 bits per heavy atom. The third-order valence-electron chi connectivity index (χ3n) is 3.50. The maximum Gasteiger partial charge on any atom is 0.294 e. The number of nitrogens with one attached hydrogen (secondary N) is 2. The Hall–Kier alpha value is -3.12. The number of anilines is 1. The first-order valence-corrected chi connectivity index (χ1v) is 7.81. The number of rotatable bonds is 4. The Morgan fingerprint density at radius 1 is 1.04 bits per heavy atom. The standard InChI is InChI=1S/C18H14ClN3O3/c1-20-17(23)13-9-12(7-8-14(13)19)21-18(24)16-10-15(22-25-16)11-5-3-2-4-6-11/h2-10H,1H3,(H,20,23)(H,21,24). The van der Waals surface area contributed by atoms with Crippen LogP contribution in [0.1, 0.15) is 20.9 Å². The van der Waals surface area contributed by atoms with E-state index in [0.29, 0.717) is 16.4 Å². The lowest BCUT2D eigenvalue weighted by Crippen LogP contribution is -2.19. The first-order chi connectivity index (χ1) is 12.1. The fourth-order valence-corrected chi connectivity index (χ4v) is 2.43. The van der Waals surface area contributed by atoms with Crippen LogP contribution >= 0.6 is 11.6 Å². The van der Waals surface area contributed by atoms with Crippen molar-refractivity contribution in [2.45, 2.75) is 0 Å². The van der Waals surface area contributed by atoms with Gasteiger partial charge in [-0.2, -0.15) is 0 Å². The van der Waals surface area contributed by atoms with Crippen LogP contribution in [0, 0.1) is 0 Å². The predicted octanol–water partition coefficient (Wildman–Crippen LogP) is 3.61. The molecule has 0 bridgehead atoms. The van der Waals surface area contributed by atoms with Crippen molar-refractivity contribution >= 4 is 29.1 Å². The van der Waals surface area contributed by atoms with Gasteiger partial charge in [0.2, 0.25) is 5.76 Å². The van der Waals surface area contributed by atoms with E-state index in [4.69, 9.17) is 16.1 Å². The molecule has 2 aromatic carbocycles. The van der Waals surface area contributed by atoms with E-state index < -0.39 is 5.91 Å². The second kappa shape index (κ2) is 7.19. The number of hydrogen-bond acceptors (Lipinski definition) is 4. The van der Waals surface area contributed by atoms with E-state index in [9.17, 15) is 9.59 Å². The summed E-state index contributed by atoms with van der Waals surface area (Å²) in [6, 6.07) is 15.6. The minimum absolute atomic E-state index is 0.0651. The van der Waals surface area contributed by atoms with Gasteiger partial charge in [-0.1, -0.05) is 47.1 Å². The molecule has 0 aliphatic rings. The topological polar surface area (TPSA) is 84.2 Å². The summed E-state index contributed by atoms with van der Waals surface area (Å²) in [6.45, 7) is 0. The van der Waals surface area contributed by atoms with Crippen LogP contribution in [0.4, 0.5) is 5.69 Å². The Balaban J connectivity index is 1.79. The van der Waals surface area contributed by atoms with Crippen LogP contribution in [0.25, 0.3) is 11.3 Å². The number of amides is 2. The average Bonchev–Trinajstić information content (AvgIpc) is 3.14. The van der Waals surface area contributed by atoms with Crippen molar-refractivity contribution in [3.05, 3.63) is 70.9 Å². The molecule has 0 unspecified atom stereocenters. The summed E-state index contributed by atoms with van der Waals surface area (Å²) in [7, 11) is 1.50. The maximum absolute atomic E-state index is 12.3. The van der Waals surface area contributed by atoms with Gasteiger partial charge in [0.1, 0.15) is 5.69 Å². The molecule has 0 saturated heterocycles. The zero-order chi connectivity index (χ0) is 17.8. The van der Waals surface area contributed by atoms with E-state index in [1.165, 1.54) is 19.2 Å². The predicted molar refractivity (Wildman–Crippen MR) is 94.7 cm³/mol. The van der Waals surface area contributed by atoms with Gasteiger partial charge in [0.15, 0.2) is 0 Å². The molecule has 1 aromatic heterocycles. The molecule has 0 spiro atoms. The molecule has 3 rings (SSSR count). The first kappa shape index (κ1) is 16.7. The first-order valence-electron chi connectivity index (χ1n) is 7.43. The zero-order valence-electron chi connectivity index (χ0n) is 13.2. The van der Waals surface area contributed by atoms with Crippen molar-refractivity contribution in [2.24, 2.45) is 0 Å². The van der Waals surface area contributed by atoms with E-state index in [2.05, 4.69) is 15.8 Å². The lowest BCUT2D eigenvalue weighted by atomic mass is 10.1. The average molecular weight is 356 g/mol. The molecule has 0 aliphatic carbocycles. The summed E-state index contributed by atoms with van der Waals surface area (Å²) in [5.74, 6) is -0.748. The summed E-state index contributed by atoms with van der Waals surface area (Å²) in [6.07, 6.45) is 0. The lowest BCUT2D eigenvalue weighted by Gasteiger charge is -2.07. The van der Waals surface area contributed by atoms with E-state index >= 15 is 0 Å². The monoisotopic (exact) mass is 355 g/mol. The number of carbonyl (C=O) groups is 2. The smallest absolute Gasteiger partial charge is 0.294 e. The molecule has 2 N–H and O–H groups in total. The highest BCUT2D eigenvalue weighted by Crippen LogP contribution is 2.22. The highest BCUT2D eigenvalue weighted by molar-refractivity contribution is 6.34. The Morgan fingerprint density at radius 2 is 1.80 bits per heavy atom. The van der Waals surface area contributed by atoms with Gasteiger partial charge in [-0.15, -0.1) is 0 Å². The van der Waals surface area contributed by atoms with E-state index in [1.54, 1.807) is 12.1 Å². The molecular formula is C18H14ClN3O3. The normalized spacial score (nSPS) is 10.3. The molecule has 126 valence electrons. The largest absolute Gasteiger partial charge is 0.355 e. The molecule has 1 heterocycles. The molecule has 0 saturated carbocycles. The molecular weight excluding hydrogens is 342 g/mol. The minimum atomic E-state index is -0.472. The summed E-state index contributed by atoms with van der Waals surface area (Å²) < 4.78 is 5.11. The van der Waals surface area contributed by atoms with Gasteiger partial charge in [-0.3, -0.25) is 9.59 Å². The summed E-state index contributed by atoms with van der Waals surface area (Å²) in [5.41, 5.74) is 2.10. The molecule has 7 heteroatoms. The van der Waals surface area contributed by atoms with Crippen molar-refractivity contribution in [1.29, 1.82) is 0 Å². The number of benzene rings is 2. The van der Waals surface area contributed by atoms with Gasteiger partial charge in [-0.05, 0) is 18.2 Å². The van der Waals surface area contributed by atoms with Gasteiger partial charge in [-0.25, -0.2) is 0 Å². The minimum Gasteiger partial charge on any atom is -0.355 e. The fourth-order valence-electron chi connectivity index (χ4n) is 2.23. The van der Waals surface area contributed by atoms with E-state index in [0.717, 1.165) is 5.56 Å². The van der Waals surface area contributed by atoms with Crippen LogP contribution in [-0.4, -0.2) is 24.0 Å². The Kier molecular flexibility index (Phi) is 4.81. The third kappa shape index (κ3) is 3.70. The lowest BCUT2D eigenvalue weighted by molar-refractivity contribution is 0.0959. The van der Waals surface area contributed by atoms with E-state index in [1.807, 2.05) is 30.3 Å². The molecule has 0 radical (unpaired) electrons. The van der Waals surface area contributed by atoms with Crippen LogP contribution in [0.2, 0.25) is 5.02 Å². The Labute approximate surface area is 148 Å². The van der Waals surface area contributed by atoms with Crippen LogP contribution in [0.3, 0.4) is 0 Å². The fraction of sp³-hybridized carbons (Fsp3) is 0.0556. The molecule has 0 atom stereocenters. The molecule has 3 aromatic rings. The maximum atomic E-state index is 12.3. The number of carbonyl (C=O) groups excluding carboxylic acids is 2. The quantitative estimate of drug-likeness (QED) is 0.748. The number of halogens is 1. The third-order valence-corrected chi connectivity index (χ3v) is 3.83. The zero-order valence-corrected chi connectivity index (χ0v) is 14.0. The van der Waals surface area contributed by atoms with Crippen LogP contribution in [0.5, 0.6) is 0 Å². The van der Waals surface area contributed by atoms with Gasteiger partial charge < -0.3 is 15.2 Å². The van der Waals surface area contributed by atoms with Crippen molar-refractivity contribution in [1.82, 2.24) is 10.5 Å². The van der Waals surface area contributed by atoms with Gasteiger partial charge >= 0.3 is 0 Å². The van der Waals surface area contributed by atoms with Crippen LogP contribution < -0.4 is 10.6 Å². The SMILES string of the molecule is CNC(=O)c1cc(NC(=O)c2cc(-c3ccccc3)no2)ccc1Cl. The van der Waals surface area contributed by atoms with E-state index in [-0.39, 0.29) is 17.2 Å². The molecule has 0 aliphatic heterocycles. The molecule has 2 amide bonds. The van der Waals surface area contributed by atoms with Crippen LogP contribution in [0.15, 0.2) is 59.1 Å². The van der Waals surface area contributed by atoms with Gasteiger partial charge in [0.25, 0.3) is 11.8 Å². The van der Waals surface area contributed by atoms with Crippen molar-refractivity contribution in [2.75, 3.05) is 12.4 Å². The number of aromatic nitrogens is 1. The second-order valence-corrected chi connectivity index (χ2v) is 5.58. The Bertz CT molecular complexity index is 922. The summed E-state index contributed by atoms with van der Waals surface area (Å²) in [5, 5.41) is 9.35. The van der Waals surface area contributed by atoms with Gasteiger partial charge in [0.05, 0.1) is 10.6 Å². The molecule has 0 fully saturated rings. The van der Waals surface area contributed by atoms with Crippen molar-refractivity contribution in [3.63, 3.8) is 0 Å². The molecule has 25 heavy (non-hydrogen) atoms. The highest BCUT2D eigenvalue weighted by Gasteiger charge is 2.16. The highest BCUT2D eigenvalue weighted by atomic mass is 35.5. The van der Waals surface area contributed by atoms with Crippen molar-refractivity contribution < 1.29 is 14.1 Å².